The van der Waals surface area contributed by atoms with Gasteiger partial charge in [-0.25, -0.2) is 0 Å². The minimum Gasteiger partial charge on any atom is -0.390 e. The van der Waals surface area contributed by atoms with Gasteiger partial charge >= 0.3 is 0 Å². The van der Waals surface area contributed by atoms with Gasteiger partial charge in [0, 0.05) is 6.61 Å². The zero-order chi connectivity index (χ0) is 13.7. The maximum atomic E-state index is 10.8. The third-order valence-electron chi connectivity index (χ3n) is 4.92. The summed E-state index contributed by atoms with van der Waals surface area (Å²) < 4.78 is 5.67. The van der Waals surface area contributed by atoms with Gasteiger partial charge in [0.15, 0.2) is 0 Å². The van der Waals surface area contributed by atoms with Gasteiger partial charge in [0.05, 0.1) is 11.7 Å². The highest BCUT2D eigenvalue weighted by Crippen LogP contribution is 2.38. The van der Waals surface area contributed by atoms with E-state index in [1.54, 1.807) is 0 Å². The Bertz CT molecular complexity index is 258. The van der Waals surface area contributed by atoms with Crippen molar-refractivity contribution in [1.29, 1.82) is 0 Å². The largest absolute Gasteiger partial charge is 0.390 e. The number of aliphatic hydroxyl groups is 1. The average Bonchev–Trinajstić information content (AvgIpc) is 2.81. The molecule has 0 radical (unpaired) electrons. The first-order valence-electron chi connectivity index (χ1n) is 8.41. The Kier molecular flexibility index (Phi) is 5.70. The summed E-state index contributed by atoms with van der Waals surface area (Å²) in [5, 5.41) is 10.8. The molecule has 1 aliphatic heterocycles. The standard InChI is InChI=1S/C17H32O2/c1-14(2)12-15-6-3-9-17(18,13-15)10-4-7-16-8-5-11-19-16/h14-16,18H,3-13H2,1-2H3. The van der Waals surface area contributed by atoms with Crippen molar-refractivity contribution in [2.24, 2.45) is 11.8 Å². The highest BCUT2D eigenvalue weighted by molar-refractivity contribution is 4.87. The second-order valence-corrected chi connectivity index (χ2v) is 7.34. The summed E-state index contributed by atoms with van der Waals surface area (Å²) in [6.07, 6.45) is 12.1. The van der Waals surface area contributed by atoms with Crippen molar-refractivity contribution < 1.29 is 9.84 Å². The van der Waals surface area contributed by atoms with E-state index in [0.29, 0.717) is 6.10 Å². The summed E-state index contributed by atoms with van der Waals surface area (Å²) in [6, 6.07) is 0. The molecule has 0 aromatic heterocycles. The van der Waals surface area contributed by atoms with Crippen LogP contribution in [-0.2, 0) is 4.74 Å². The Morgan fingerprint density at radius 3 is 2.79 bits per heavy atom. The van der Waals surface area contributed by atoms with Gasteiger partial charge < -0.3 is 9.84 Å². The fourth-order valence-corrected chi connectivity index (χ4v) is 4.09. The molecular formula is C17H32O2. The molecule has 2 heteroatoms. The van der Waals surface area contributed by atoms with E-state index in [2.05, 4.69) is 13.8 Å². The summed E-state index contributed by atoms with van der Waals surface area (Å²) in [5.41, 5.74) is -0.365. The van der Waals surface area contributed by atoms with Gasteiger partial charge in [-0.2, -0.15) is 0 Å². The fourth-order valence-electron chi connectivity index (χ4n) is 4.09. The predicted octanol–water partition coefficient (Wildman–Crippen LogP) is 4.30. The minimum atomic E-state index is -0.365. The van der Waals surface area contributed by atoms with Gasteiger partial charge in [-0.15, -0.1) is 0 Å². The van der Waals surface area contributed by atoms with Crippen LogP contribution in [0.15, 0.2) is 0 Å². The van der Waals surface area contributed by atoms with Crippen LogP contribution in [0.5, 0.6) is 0 Å². The van der Waals surface area contributed by atoms with Crippen molar-refractivity contribution in [3.8, 4) is 0 Å². The third kappa shape index (κ3) is 5.07. The molecule has 1 N–H and O–H groups in total. The van der Waals surface area contributed by atoms with Crippen LogP contribution >= 0.6 is 0 Å². The van der Waals surface area contributed by atoms with Crippen LogP contribution < -0.4 is 0 Å². The van der Waals surface area contributed by atoms with E-state index in [1.165, 1.54) is 32.1 Å². The van der Waals surface area contributed by atoms with Crippen molar-refractivity contribution in [2.45, 2.75) is 89.8 Å². The van der Waals surface area contributed by atoms with Crippen molar-refractivity contribution in [3.63, 3.8) is 0 Å². The molecule has 3 atom stereocenters. The van der Waals surface area contributed by atoms with E-state index >= 15 is 0 Å². The van der Waals surface area contributed by atoms with Gasteiger partial charge in [0.25, 0.3) is 0 Å². The molecule has 1 heterocycles. The van der Waals surface area contributed by atoms with E-state index in [1.807, 2.05) is 0 Å². The van der Waals surface area contributed by atoms with Gasteiger partial charge in [-0.3, -0.25) is 0 Å². The molecule has 2 rings (SSSR count). The molecule has 1 saturated heterocycles. The molecule has 2 aliphatic rings. The van der Waals surface area contributed by atoms with Gasteiger partial charge in [0.1, 0.15) is 0 Å². The van der Waals surface area contributed by atoms with Crippen molar-refractivity contribution in [1.82, 2.24) is 0 Å². The van der Waals surface area contributed by atoms with Gasteiger partial charge in [0.2, 0.25) is 0 Å². The van der Waals surface area contributed by atoms with Crippen LogP contribution in [0, 0.1) is 11.8 Å². The number of ether oxygens (including phenoxy) is 1. The number of rotatable bonds is 6. The summed E-state index contributed by atoms with van der Waals surface area (Å²) in [6.45, 7) is 5.54. The molecule has 0 aromatic carbocycles. The minimum absolute atomic E-state index is 0.365. The lowest BCUT2D eigenvalue weighted by molar-refractivity contribution is -0.0304. The molecule has 0 amide bonds. The van der Waals surface area contributed by atoms with E-state index in [-0.39, 0.29) is 5.60 Å². The van der Waals surface area contributed by atoms with Crippen molar-refractivity contribution in [2.75, 3.05) is 6.61 Å². The quantitative estimate of drug-likeness (QED) is 0.778. The highest BCUT2D eigenvalue weighted by Gasteiger charge is 2.34. The summed E-state index contributed by atoms with van der Waals surface area (Å²) in [5.74, 6) is 1.51. The molecule has 1 aliphatic carbocycles. The fraction of sp³-hybridized carbons (Fsp3) is 1.00. The summed E-state index contributed by atoms with van der Waals surface area (Å²) in [7, 11) is 0. The lowest BCUT2D eigenvalue weighted by Gasteiger charge is -2.38. The van der Waals surface area contributed by atoms with E-state index < -0.39 is 0 Å². The highest BCUT2D eigenvalue weighted by atomic mass is 16.5. The first-order chi connectivity index (χ1) is 9.07. The Hall–Kier alpha value is -0.0800. The predicted molar refractivity (Wildman–Crippen MR) is 79.2 cm³/mol. The van der Waals surface area contributed by atoms with E-state index in [4.69, 9.17) is 4.74 Å². The van der Waals surface area contributed by atoms with Gasteiger partial charge in [-0.05, 0) is 63.2 Å². The van der Waals surface area contributed by atoms with Crippen LogP contribution in [-0.4, -0.2) is 23.4 Å². The normalized spacial score (nSPS) is 36.0. The van der Waals surface area contributed by atoms with Crippen molar-refractivity contribution >= 4 is 0 Å². The van der Waals surface area contributed by atoms with Crippen molar-refractivity contribution in [3.05, 3.63) is 0 Å². The molecular weight excluding hydrogens is 236 g/mol. The topological polar surface area (TPSA) is 29.5 Å². The zero-order valence-corrected chi connectivity index (χ0v) is 12.9. The van der Waals surface area contributed by atoms with E-state index in [0.717, 1.165) is 50.5 Å². The second kappa shape index (κ2) is 7.08. The summed E-state index contributed by atoms with van der Waals surface area (Å²) >= 11 is 0. The zero-order valence-electron chi connectivity index (χ0n) is 12.9. The molecule has 0 aromatic rings. The first-order valence-corrected chi connectivity index (χ1v) is 8.41. The lowest BCUT2D eigenvalue weighted by Crippen LogP contribution is -2.35. The van der Waals surface area contributed by atoms with Gasteiger partial charge in [-0.1, -0.05) is 26.7 Å². The molecule has 19 heavy (non-hydrogen) atoms. The van der Waals surface area contributed by atoms with Crippen LogP contribution in [0.2, 0.25) is 0 Å². The first kappa shape index (κ1) is 15.3. The molecule has 1 saturated carbocycles. The lowest BCUT2D eigenvalue weighted by atomic mass is 9.73. The second-order valence-electron chi connectivity index (χ2n) is 7.34. The van der Waals surface area contributed by atoms with Crippen LogP contribution in [0.3, 0.4) is 0 Å². The Morgan fingerprint density at radius 1 is 1.26 bits per heavy atom. The molecule has 2 fully saturated rings. The van der Waals surface area contributed by atoms with Crippen LogP contribution in [0.4, 0.5) is 0 Å². The monoisotopic (exact) mass is 268 g/mol. The molecule has 112 valence electrons. The third-order valence-corrected chi connectivity index (χ3v) is 4.92. The molecule has 0 spiro atoms. The molecule has 0 bridgehead atoms. The number of hydrogen-bond acceptors (Lipinski definition) is 2. The van der Waals surface area contributed by atoms with Crippen LogP contribution in [0.1, 0.15) is 78.1 Å². The Morgan fingerprint density at radius 2 is 2.11 bits per heavy atom. The maximum absolute atomic E-state index is 10.8. The average molecular weight is 268 g/mol. The molecule has 3 unspecified atom stereocenters. The Labute approximate surface area is 118 Å². The molecule has 2 nitrogen and oxygen atoms in total. The smallest absolute Gasteiger partial charge is 0.0650 e. The van der Waals surface area contributed by atoms with E-state index in [9.17, 15) is 5.11 Å². The SMILES string of the molecule is CC(C)CC1CCCC(O)(CCCC2CCCO2)C1. The van der Waals surface area contributed by atoms with Crippen LogP contribution in [0.25, 0.3) is 0 Å². The Balaban J connectivity index is 1.70. The summed E-state index contributed by atoms with van der Waals surface area (Å²) in [4.78, 5) is 0. The maximum Gasteiger partial charge on any atom is 0.0650 e. The number of hydrogen-bond donors (Lipinski definition) is 1.